The maximum Gasteiger partial charge on any atom is 0.105 e. The quantitative estimate of drug-likeness (QED) is 0.685. The molecule has 1 rings (SSSR count). The molecule has 0 spiro atoms. The van der Waals surface area contributed by atoms with Crippen LogP contribution in [-0.4, -0.2) is 31.6 Å². The molecule has 0 amide bonds. The summed E-state index contributed by atoms with van der Waals surface area (Å²) < 4.78 is 5.30. The van der Waals surface area contributed by atoms with Crippen molar-refractivity contribution in [2.75, 3.05) is 26.7 Å². The second-order valence-electron chi connectivity index (χ2n) is 5.53. The maximum absolute atomic E-state index is 5.30. The third kappa shape index (κ3) is 6.22. The summed E-state index contributed by atoms with van der Waals surface area (Å²) in [7, 11) is 2.15. The number of likely N-dealkylation sites (N-methyl/N-ethyl adjacent to an activating group) is 1. The maximum atomic E-state index is 5.30. The van der Waals surface area contributed by atoms with Gasteiger partial charge in [-0.1, -0.05) is 13.8 Å². The molecule has 3 nitrogen and oxygen atoms in total. The van der Waals surface area contributed by atoms with Crippen LogP contribution >= 0.6 is 0 Å². The highest BCUT2D eigenvalue weighted by Crippen LogP contribution is 2.10. The lowest BCUT2D eigenvalue weighted by atomic mass is 10.1. The van der Waals surface area contributed by atoms with E-state index in [1.807, 2.05) is 6.92 Å². The summed E-state index contributed by atoms with van der Waals surface area (Å²) in [6, 6.07) is 2.06. The first-order valence-electron chi connectivity index (χ1n) is 7.02. The number of rotatable bonds is 9. The fourth-order valence-corrected chi connectivity index (χ4v) is 1.98. The summed E-state index contributed by atoms with van der Waals surface area (Å²) >= 11 is 0. The van der Waals surface area contributed by atoms with Gasteiger partial charge in [0, 0.05) is 25.2 Å². The fraction of sp³-hybridized carbons (Fsp3) is 0.733. The van der Waals surface area contributed by atoms with Gasteiger partial charge in [0.05, 0.1) is 6.26 Å². The van der Waals surface area contributed by atoms with E-state index in [9.17, 15) is 0 Å². The Labute approximate surface area is 112 Å². The van der Waals surface area contributed by atoms with Gasteiger partial charge in [-0.15, -0.1) is 0 Å². The molecule has 0 unspecified atom stereocenters. The number of aryl methyl sites for hydroxylation is 1. The molecule has 18 heavy (non-hydrogen) atoms. The lowest BCUT2D eigenvalue weighted by Crippen LogP contribution is -2.29. The number of furan rings is 1. The van der Waals surface area contributed by atoms with Gasteiger partial charge in [0.15, 0.2) is 0 Å². The van der Waals surface area contributed by atoms with E-state index in [0.717, 1.165) is 37.9 Å². The molecule has 0 radical (unpaired) electrons. The first-order valence-corrected chi connectivity index (χ1v) is 7.02. The Balaban J connectivity index is 2.04. The van der Waals surface area contributed by atoms with Crippen LogP contribution in [-0.2, 0) is 6.54 Å². The summed E-state index contributed by atoms with van der Waals surface area (Å²) in [6.45, 7) is 10.8. The molecule has 0 bridgehead atoms. The van der Waals surface area contributed by atoms with Gasteiger partial charge in [0.25, 0.3) is 0 Å². The molecule has 0 saturated carbocycles. The minimum Gasteiger partial charge on any atom is -0.469 e. The molecule has 1 heterocycles. The standard InChI is InChI=1S/C15H28N2O/c1-13(2)6-5-8-16-9-10-17(4)12-15-7-11-18-14(15)3/h7,11,13,16H,5-6,8-10,12H2,1-4H3. The van der Waals surface area contributed by atoms with Gasteiger partial charge >= 0.3 is 0 Å². The Hall–Kier alpha value is -0.800. The fourth-order valence-electron chi connectivity index (χ4n) is 1.98. The normalized spacial score (nSPS) is 11.7. The van der Waals surface area contributed by atoms with Crippen LogP contribution in [0.5, 0.6) is 0 Å². The lowest BCUT2D eigenvalue weighted by Gasteiger charge is -2.16. The first-order chi connectivity index (χ1) is 8.59. The van der Waals surface area contributed by atoms with E-state index >= 15 is 0 Å². The molecular weight excluding hydrogens is 224 g/mol. The number of nitrogens with one attached hydrogen (secondary N) is 1. The van der Waals surface area contributed by atoms with E-state index in [1.165, 1.54) is 18.4 Å². The topological polar surface area (TPSA) is 28.4 Å². The Kier molecular flexibility index (Phi) is 7.06. The molecule has 0 aliphatic heterocycles. The summed E-state index contributed by atoms with van der Waals surface area (Å²) in [5.41, 5.74) is 1.29. The van der Waals surface area contributed by atoms with E-state index in [4.69, 9.17) is 4.42 Å². The van der Waals surface area contributed by atoms with Gasteiger partial charge in [0.2, 0.25) is 0 Å². The van der Waals surface area contributed by atoms with Crippen molar-refractivity contribution in [3.8, 4) is 0 Å². The predicted octanol–water partition coefficient (Wildman–Crippen LogP) is 3.05. The van der Waals surface area contributed by atoms with E-state index in [1.54, 1.807) is 6.26 Å². The van der Waals surface area contributed by atoms with Crippen LogP contribution in [0, 0.1) is 12.8 Å². The Morgan fingerprint density at radius 3 is 2.72 bits per heavy atom. The van der Waals surface area contributed by atoms with Gasteiger partial charge < -0.3 is 14.6 Å². The second kappa shape index (κ2) is 8.33. The highest BCUT2D eigenvalue weighted by molar-refractivity contribution is 5.14. The lowest BCUT2D eigenvalue weighted by molar-refractivity contribution is 0.321. The van der Waals surface area contributed by atoms with E-state index in [0.29, 0.717) is 0 Å². The first kappa shape index (κ1) is 15.3. The van der Waals surface area contributed by atoms with Crippen LogP contribution in [0.25, 0.3) is 0 Å². The zero-order valence-corrected chi connectivity index (χ0v) is 12.3. The highest BCUT2D eigenvalue weighted by Gasteiger charge is 2.04. The zero-order chi connectivity index (χ0) is 13.4. The number of nitrogens with zero attached hydrogens (tertiary/aromatic N) is 1. The summed E-state index contributed by atoms with van der Waals surface area (Å²) in [5.74, 6) is 1.85. The number of hydrogen-bond acceptors (Lipinski definition) is 3. The molecule has 0 aromatic carbocycles. The zero-order valence-electron chi connectivity index (χ0n) is 12.3. The largest absolute Gasteiger partial charge is 0.469 e. The van der Waals surface area contributed by atoms with Crippen molar-refractivity contribution in [3.05, 3.63) is 23.7 Å². The third-order valence-electron chi connectivity index (χ3n) is 3.21. The molecule has 1 N–H and O–H groups in total. The Morgan fingerprint density at radius 1 is 1.33 bits per heavy atom. The van der Waals surface area contributed by atoms with Crippen molar-refractivity contribution in [1.82, 2.24) is 10.2 Å². The molecule has 0 fully saturated rings. The van der Waals surface area contributed by atoms with Gasteiger partial charge in [0.1, 0.15) is 5.76 Å². The van der Waals surface area contributed by atoms with Crippen molar-refractivity contribution in [2.45, 2.75) is 40.2 Å². The Morgan fingerprint density at radius 2 is 2.11 bits per heavy atom. The van der Waals surface area contributed by atoms with Crippen LogP contribution in [0.2, 0.25) is 0 Å². The second-order valence-corrected chi connectivity index (χ2v) is 5.53. The predicted molar refractivity (Wildman–Crippen MR) is 76.7 cm³/mol. The SMILES string of the molecule is Cc1occc1CN(C)CCNCCCC(C)C. The molecule has 0 aliphatic rings. The van der Waals surface area contributed by atoms with E-state index in [-0.39, 0.29) is 0 Å². The molecule has 1 aromatic heterocycles. The van der Waals surface area contributed by atoms with Crippen LogP contribution in [0.1, 0.15) is 38.0 Å². The minimum absolute atomic E-state index is 0.818. The molecule has 0 aliphatic carbocycles. The minimum atomic E-state index is 0.818. The summed E-state index contributed by atoms with van der Waals surface area (Å²) in [4.78, 5) is 2.33. The van der Waals surface area contributed by atoms with Crippen LogP contribution in [0.15, 0.2) is 16.7 Å². The average molecular weight is 252 g/mol. The molecule has 3 heteroatoms. The molecule has 0 saturated heterocycles. The monoisotopic (exact) mass is 252 g/mol. The smallest absolute Gasteiger partial charge is 0.105 e. The van der Waals surface area contributed by atoms with Crippen LogP contribution < -0.4 is 5.32 Å². The molecule has 104 valence electrons. The van der Waals surface area contributed by atoms with Gasteiger partial charge in [-0.3, -0.25) is 0 Å². The molecular formula is C15H28N2O. The summed E-state index contributed by atoms with van der Waals surface area (Å²) in [6.07, 6.45) is 4.36. The Bertz CT molecular complexity index is 320. The molecule has 1 aromatic rings. The molecule has 0 atom stereocenters. The summed E-state index contributed by atoms with van der Waals surface area (Å²) in [5, 5.41) is 3.50. The van der Waals surface area contributed by atoms with Crippen LogP contribution in [0.3, 0.4) is 0 Å². The van der Waals surface area contributed by atoms with Gasteiger partial charge in [-0.05, 0) is 45.3 Å². The van der Waals surface area contributed by atoms with Crippen molar-refractivity contribution >= 4 is 0 Å². The number of hydrogen-bond donors (Lipinski definition) is 1. The van der Waals surface area contributed by atoms with Gasteiger partial charge in [-0.25, -0.2) is 0 Å². The van der Waals surface area contributed by atoms with Gasteiger partial charge in [-0.2, -0.15) is 0 Å². The van der Waals surface area contributed by atoms with E-state index in [2.05, 4.69) is 37.2 Å². The average Bonchev–Trinajstić information content (AvgIpc) is 2.69. The van der Waals surface area contributed by atoms with Crippen LogP contribution in [0.4, 0.5) is 0 Å². The van der Waals surface area contributed by atoms with E-state index < -0.39 is 0 Å². The highest BCUT2D eigenvalue weighted by atomic mass is 16.3. The third-order valence-corrected chi connectivity index (χ3v) is 3.21. The van der Waals surface area contributed by atoms with Crippen molar-refractivity contribution in [3.63, 3.8) is 0 Å². The van der Waals surface area contributed by atoms with Crippen molar-refractivity contribution < 1.29 is 4.42 Å². The van der Waals surface area contributed by atoms with Crippen molar-refractivity contribution in [2.24, 2.45) is 5.92 Å². The van der Waals surface area contributed by atoms with Crippen molar-refractivity contribution in [1.29, 1.82) is 0 Å².